The molecule has 1 N–H and O–H groups in total. The van der Waals surface area contributed by atoms with Gasteiger partial charge in [0.05, 0.1) is 11.9 Å². The van der Waals surface area contributed by atoms with Crippen LogP contribution in [-0.2, 0) is 6.54 Å². The van der Waals surface area contributed by atoms with Gasteiger partial charge in [-0.15, -0.1) is 0 Å². The van der Waals surface area contributed by atoms with Gasteiger partial charge in [-0.25, -0.2) is 0 Å². The van der Waals surface area contributed by atoms with E-state index in [4.69, 9.17) is 0 Å². The molecule has 1 rings (SSSR count). The Balaban J connectivity index is 2.95. The summed E-state index contributed by atoms with van der Waals surface area (Å²) in [7, 11) is 2.16. The molecule has 0 amide bonds. The molecule has 1 heterocycles. The minimum absolute atomic E-state index is 0.120. The zero-order chi connectivity index (χ0) is 15.6. The van der Waals surface area contributed by atoms with Crippen LogP contribution in [-0.4, -0.2) is 23.6 Å². The maximum atomic E-state index is 4.31. The van der Waals surface area contributed by atoms with Gasteiger partial charge in [-0.05, 0) is 44.7 Å². The van der Waals surface area contributed by atoms with E-state index in [0.717, 1.165) is 6.54 Å². The van der Waals surface area contributed by atoms with Crippen molar-refractivity contribution in [3.8, 4) is 0 Å². The highest BCUT2D eigenvalue weighted by Crippen LogP contribution is 2.29. The first kappa shape index (κ1) is 17.0. The molecule has 3 nitrogen and oxygen atoms in total. The highest BCUT2D eigenvalue weighted by atomic mass is 15.1. The summed E-state index contributed by atoms with van der Waals surface area (Å²) in [6.07, 6.45) is 3.85. The molecule has 3 heteroatoms. The third-order valence-corrected chi connectivity index (χ3v) is 3.91. The topological polar surface area (TPSA) is 28.2 Å². The predicted molar refractivity (Wildman–Crippen MR) is 88.1 cm³/mol. The lowest BCUT2D eigenvalue weighted by atomic mass is 9.87. The smallest absolute Gasteiger partial charge is 0.0598 e. The number of rotatable bonds is 4. The highest BCUT2D eigenvalue weighted by Gasteiger charge is 2.25. The van der Waals surface area contributed by atoms with Crippen molar-refractivity contribution in [3.05, 3.63) is 24.0 Å². The van der Waals surface area contributed by atoms with Crippen molar-refractivity contribution >= 4 is 5.69 Å². The Labute approximate surface area is 124 Å². The van der Waals surface area contributed by atoms with Gasteiger partial charge in [0.1, 0.15) is 0 Å². The summed E-state index contributed by atoms with van der Waals surface area (Å²) in [6, 6.07) is 2.56. The van der Waals surface area contributed by atoms with E-state index in [1.54, 1.807) is 0 Å². The van der Waals surface area contributed by atoms with Gasteiger partial charge < -0.3 is 10.2 Å². The van der Waals surface area contributed by atoms with E-state index < -0.39 is 0 Å². The Bertz CT molecular complexity index is 427. The normalized spacial score (nSPS) is 14.2. The molecule has 0 spiro atoms. The van der Waals surface area contributed by atoms with Crippen LogP contribution in [0.4, 0.5) is 5.69 Å². The third-order valence-electron chi connectivity index (χ3n) is 3.91. The molecule has 20 heavy (non-hydrogen) atoms. The average Bonchev–Trinajstić information content (AvgIpc) is 2.33. The average molecular weight is 277 g/mol. The first-order valence-electron chi connectivity index (χ1n) is 7.43. The summed E-state index contributed by atoms with van der Waals surface area (Å²) >= 11 is 0. The second-order valence-corrected chi connectivity index (χ2v) is 7.76. The number of aromatic nitrogens is 1. The monoisotopic (exact) mass is 277 g/mol. The van der Waals surface area contributed by atoms with Crippen LogP contribution in [0.3, 0.4) is 0 Å². The Morgan fingerprint density at radius 1 is 1.20 bits per heavy atom. The lowest BCUT2D eigenvalue weighted by molar-refractivity contribution is 0.329. The molecule has 0 saturated heterocycles. The van der Waals surface area contributed by atoms with E-state index in [9.17, 15) is 0 Å². The number of hydrogen-bond acceptors (Lipinski definition) is 3. The quantitative estimate of drug-likeness (QED) is 0.906. The molecule has 0 aromatic carbocycles. The maximum Gasteiger partial charge on any atom is 0.0598 e. The number of anilines is 1. The van der Waals surface area contributed by atoms with Crippen molar-refractivity contribution < 1.29 is 0 Å². The van der Waals surface area contributed by atoms with E-state index in [2.05, 4.69) is 76.8 Å². The third kappa shape index (κ3) is 4.78. The number of nitrogens with zero attached hydrogens (tertiary/aromatic N) is 2. The summed E-state index contributed by atoms with van der Waals surface area (Å²) in [5.74, 6) is 0. The van der Waals surface area contributed by atoms with E-state index in [-0.39, 0.29) is 11.0 Å². The Morgan fingerprint density at radius 2 is 1.80 bits per heavy atom. The lowest BCUT2D eigenvalue weighted by Gasteiger charge is -2.37. The summed E-state index contributed by atoms with van der Waals surface area (Å²) < 4.78 is 0. The molecular weight excluding hydrogens is 246 g/mol. The molecule has 0 fully saturated rings. The number of hydrogen-bond donors (Lipinski definition) is 1. The van der Waals surface area contributed by atoms with Crippen LogP contribution in [0.15, 0.2) is 18.5 Å². The maximum absolute atomic E-state index is 4.31. The SMILES string of the molecule is CC(N(C)c1cnccc1CNC(C)(C)C)C(C)(C)C. The van der Waals surface area contributed by atoms with Gasteiger partial charge in [-0.1, -0.05) is 20.8 Å². The van der Waals surface area contributed by atoms with Crippen LogP contribution in [0.1, 0.15) is 54.0 Å². The lowest BCUT2D eigenvalue weighted by Crippen LogP contribution is -2.40. The summed E-state index contributed by atoms with van der Waals surface area (Å²) in [4.78, 5) is 6.65. The van der Waals surface area contributed by atoms with E-state index >= 15 is 0 Å². The number of nitrogens with one attached hydrogen (secondary N) is 1. The molecular formula is C17H31N3. The minimum Gasteiger partial charge on any atom is -0.370 e. The molecule has 1 atom stereocenters. The molecule has 0 saturated carbocycles. The van der Waals surface area contributed by atoms with Crippen LogP contribution in [0.25, 0.3) is 0 Å². The zero-order valence-corrected chi connectivity index (χ0v) is 14.4. The molecule has 0 radical (unpaired) electrons. The Morgan fingerprint density at radius 3 is 2.30 bits per heavy atom. The van der Waals surface area contributed by atoms with Crippen LogP contribution in [0.5, 0.6) is 0 Å². The van der Waals surface area contributed by atoms with Gasteiger partial charge in [0.25, 0.3) is 0 Å². The van der Waals surface area contributed by atoms with Crippen molar-refractivity contribution in [2.24, 2.45) is 5.41 Å². The van der Waals surface area contributed by atoms with Crippen LogP contribution < -0.4 is 10.2 Å². The predicted octanol–water partition coefficient (Wildman–Crippen LogP) is 3.84. The molecule has 0 aliphatic rings. The largest absolute Gasteiger partial charge is 0.370 e. The van der Waals surface area contributed by atoms with Gasteiger partial charge in [0.15, 0.2) is 0 Å². The molecule has 0 bridgehead atoms. The van der Waals surface area contributed by atoms with Crippen molar-refractivity contribution in [3.63, 3.8) is 0 Å². The molecule has 1 aromatic heterocycles. The Hall–Kier alpha value is -1.09. The molecule has 1 unspecified atom stereocenters. The van der Waals surface area contributed by atoms with Gasteiger partial charge in [0, 0.05) is 31.4 Å². The first-order chi connectivity index (χ1) is 9.02. The van der Waals surface area contributed by atoms with Crippen molar-refractivity contribution in [2.45, 2.75) is 66.6 Å². The number of pyridine rings is 1. The van der Waals surface area contributed by atoms with Crippen LogP contribution >= 0.6 is 0 Å². The minimum atomic E-state index is 0.120. The first-order valence-corrected chi connectivity index (χ1v) is 7.43. The van der Waals surface area contributed by atoms with Gasteiger partial charge in [-0.2, -0.15) is 0 Å². The van der Waals surface area contributed by atoms with Crippen LogP contribution in [0, 0.1) is 5.41 Å². The molecule has 0 aliphatic heterocycles. The van der Waals surface area contributed by atoms with E-state index in [1.807, 2.05) is 12.4 Å². The van der Waals surface area contributed by atoms with Gasteiger partial charge >= 0.3 is 0 Å². The van der Waals surface area contributed by atoms with Crippen molar-refractivity contribution in [1.29, 1.82) is 0 Å². The highest BCUT2D eigenvalue weighted by molar-refractivity contribution is 5.52. The van der Waals surface area contributed by atoms with Crippen molar-refractivity contribution in [2.75, 3.05) is 11.9 Å². The fourth-order valence-electron chi connectivity index (χ4n) is 2.03. The summed E-state index contributed by atoms with van der Waals surface area (Å²) in [5.41, 5.74) is 2.87. The summed E-state index contributed by atoms with van der Waals surface area (Å²) in [5, 5.41) is 3.56. The van der Waals surface area contributed by atoms with Gasteiger partial charge in [-0.3, -0.25) is 4.98 Å². The summed E-state index contributed by atoms with van der Waals surface area (Å²) in [6.45, 7) is 16.5. The van der Waals surface area contributed by atoms with E-state index in [0.29, 0.717) is 6.04 Å². The molecule has 0 aliphatic carbocycles. The van der Waals surface area contributed by atoms with Gasteiger partial charge in [0.2, 0.25) is 0 Å². The van der Waals surface area contributed by atoms with Crippen LogP contribution in [0.2, 0.25) is 0 Å². The second-order valence-electron chi connectivity index (χ2n) is 7.76. The zero-order valence-electron chi connectivity index (χ0n) is 14.4. The fourth-order valence-corrected chi connectivity index (χ4v) is 2.03. The fraction of sp³-hybridized carbons (Fsp3) is 0.706. The molecule has 114 valence electrons. The molecule has 1 aromatic rings. The van der Waals surface area contributed by atoms with Crippen molar-refractivity contribution in [1.82, 2.24) is 10.3 Å². The Kier molecular flexibility index (Phi) is 5.20. The second kappa shape index (κ2) is 6.13. The van der Waals surface area contributed by atoms with E-state index in [1.165, 1.54) is 11.3 Å². The standard InChI is InChI=1S/C17H31N3/c1-13(16(2,3)4)20(8)15-12-18-10-9-14(15)11-19-17(5,6)7/h9-10,12-13,19H,11H2,1-8H3.